The molecular weight excluding hydrogens is 597 g/mol. The maximum absolute atomic E-state index is 15.7. The van der Waals surface area contributed by atoms with Gasteiger partial charge < -0.3 is 4.74 Å². The molecule has 8 nitrogen and oxygen atoms in total. The van der Waals surface area contributed by atoms with Gasteiger partial charge in [-0.25, -0.2) is 12.8 Å². The number of methoxy groups -OCH3 is 1. The molecule has 0 radical (unpaired) electrons. The maximum Gasteiger partial charge on any atom is 0.334 e. The van der Waals surface area contributed by atoms with E-state index in [1.165, 1.54) is 10.4 Å². The van der Waals surface area contributed by atoms with E-state index in [9.17, 15) is 8.42 Å². The van der Waals surface area contributed by atoms with Crippen molar-refractivity contribution < 1.29 is 22.2 Å². The van der Waals surface area contributed by atoms with Crippen LogP contribution in [0.3, 0.4) is 0 Å². The predicted molar refractivity (Wildman–Crippen MR) is 151 cm³/mol. The second-order valence-electron chi connectivity index (χ2n) is 9.04. The van der Waals surface area contributed by atoms with Crippen LogP contribution in [0.25, 0.3) is 11.4 Å². The molecule has 0 unspecified atom stereocenters. The lowest BCUT2D eigenvalue weighted by molar-refractivity contribution is -0.736. The predicted octanol–water partition coefficient (Wildman–Crippen LogP) is 5.11. The largest absolute Gasteiger partial charge is 0.497 e. The lowest BCUT2D eigenvalue weighted by Crippen LogP contribution is -2.39. The molecule has 40 heavy (non-hydrogen) atoms. The van der Waals surface area contributed by atoms with Crippen molar-refractivity contribution in [1.82, 2.24) is 19.8 Å². The molecule has 204 valence electrons. The zero-order chi connectivity index (χ0) is 28.1. The van der Waals surface area contributed by atoms with Crippen molar-refractivity contribution in [2.45, 2.75) is 24.5 Å². The fourth-order valence-electron chi connectivity index (χ4n) is 4.36. The van der Waals surface area contributed by atoms with Gasteiger partial charge in [0.15, 0.2) is 5.21 Å². The number of rotatable bonds is 10. The summed E-state index contributed by atoms with van der Waals surface area (Å²) in [5.74, 6) is -0.0154. The van der Waals surface area contributed by atoms with Crippen molar-refractivity contribution in [1.29, 1.82) is 0 Å². The van der Waals surface area contributed by atoms with Gasteiger partial charge in [-0.05, 0) is 56.9 Å². The van der Waals surface area contributed by atoms with Crippen molar-refractivity contribution in [3.05, 3.63) is 124 Å². The quantitative estimate of drug-likeness (QED) is 0.219. The summed E-state index contributed by atoms with van der Waals surface area (Å²) >= 11 is 3.46. The Bertz CT molecular complexity index is 1660. The number of halogens is 2. The summed E-state index contributed by atoms with van der Waals surface area (Å²) in [5.41, 5.74) is 2.50. The highest BCUT2D eigenvalue weighted by molar-refractivity contribution is 9.10. The van der Waals surface area contributed by atoms with Crippen molar-refractivity contribution in [3.63, 3.8) is 0 Å². The number of nitrogens with one attached hydrogen (secondary N) is 1. The molecule has 0 amide bonds. The lowest BCUT2D eigenvalue weighted by Gasteiger charge is -2.24. The van der Waals surface area contributed by atoms with Crippen molar-refractivity contribution in [2.24, 2.45) is 0 Å². The zero-order valence-corrected chi connectivity index (χ0v) is 23.9. The molecule has 0 atom stereocenters. The minimum atomic E-state index is -4.39. The van der Waals surface area contributed by atoms with E-state index >= 15 is 4.39 Å². The summed E-state index contributed by atoms with van der Waals surface area (Å²) in [4.78, 5) is -0.480. The molecule has 4 aromatic carbocycles. The highest BCUT2D eigenvalue weighted by atomic mass is 79.9. The van der Waals surface area contributed by atoms with Crippen LogP contribution in [0.15, 0.2) is 106 Å². The van der Waals surface area contributed by atoms with Crippen LogP contribution < -0.4 is 9.42 Å². The maximum atomic E-state index is 15.7. The van der Waals surface area contributed by atoms with E-state index in [4.69, 9.17) is 4.74 Å². The van der Waals surface area contributed by atoms with Crippen LogP contribution in [0.4, 0.5) is 4.39 Å². The van der Waals surface area contributed by atoms with Crippen molar-refractivity contribution in [3.8, 4) is 17.1 Å². The Labute approximate surface area is 240 Å². The normalized spacial score (nSPS) is 11.6. The average Bonchev–Trinajstić information content (AvgIpc) is 3.42. The first-order chi connectivity index (χ1) is 19.4. The third-order valence-electron chi connectivity index (χ3n) is 6.35. The molecule has 1 heterocycles. The SMILES string of the molecule is COc1ccc(C[n+]2[nH]nnc2-c2c(Br)ccc(F)c2S(=O)(=O)N(Cc2ccccc2)Cc2ccccc2)cc1. The number of sulfonamides is 1. The average molecular weight is 624 g/mol. The Morgan fingerprint density at radius 3 is 2.05 bits per heavy atom. The molecule has 0 saturated heterocycles. The Balaban J connectivity index is 1.60. The topological polar surface area (TPSA) is 92.1 Å². The molecule has 0 aliphatic rings. The first-order valence-corrected chi connectivity index (χ1v) is 14.6. The molecule has 1 N–H and O–H groups in total. The van der Waals surface area contributed by atoms with Gasteiger partial charge in [0, 0.05) is 17.6 Å². The second-order valence-corrected chi connectivity index (χ2v) is 11.8. The number of aromatic nitrogens is 4. The number of aromatic amines is 1. The summed E-state index contributed by atoms with van der Waals surface area (Å²) in [5, 5.41) is 10.9. The smallest absolute Gasteiger partial charge is 0.334 e. The monoisotopic (exact) mass is 622 g/mol. The molecule has 5 aromatic rings. The highest BCUT2D eigenvalue weighted by Gasteiger charge is 2.36. The Kier molecular flexibility index (Phi) is 8.34. The van der Waals surface area contributed by atoms with E-state index in [0.717, 1.165) is 22.8 Å². The molecule has 0 aliphatic carbocycles. The van der Waals surface area contributed by atoms with Crippen LogP contribution >= 0.6 is 15.9 Å². The molecule has 0 saturated carbocycles. The Hall–Kier alpha value is -3.93. The van der Waals surface area contributed by atoms with Crippen LogP contribution in [-0.2, 0) is 29.7 Å². The molecule has 0 spiro atoms. The van der Waals surface area contributed by atoms with Gasteiger partial charge in [0.1, 0.15) is 28.1 Å². The van der Waals surface area contributed by atoms with Gasteiger partial charge in [-0.1, -0.05) is 78.0 Å². The Morgan fingerprint density at radius 1 is 0.875 bits per heavy atom. The van der Waals surface area contributed by atoms with Crippen molar-refractivity contribution in [2.75, 3.05) is 7.11 Å². The molecule has 0 fully saturated rings. The van der Waals surface area contributed by atoms with E-state index in [1.807, 2.05) is 84.9 Å². The first-order valence-electron chi connectivity index (χ1n) is 12.4. The molecule has 1 aromatic heterocycles. The Morgan fingerprint density at radius 2 is 1.48 bits per heavy atom. The van der Waals surface area contributed by atoms with Gasteiger partial charge in [-0.15, -0.1) is 0 Å². The summed E-state index contributed by atoms with van der Waals surface area (Å²) < 4.78 is 52.8. The van der Waals surface area contributed by atoms with Crippen LogP contribution in [-0.4, -0.2) is 35.4 Å². The number of hydrogen-bond donors (Lipinski definition) is 1. The molecule has 0 bridgehead atoms. The number of H-pyrrole nitrogens is 1. The lowest BCUT2D eigenvalue weighted by atomic mass is 10.2. The number of benzene rings is 4. The number of nitrogens with zero attached hydrogens (tertiary/aromatic N) is 4. The van der Waals surface area contributed by atoms with Gasteiger partial charge in [0.05, 0.1) is 12.7 Å². The summed E-state index contributed by atoms with van der Waals surface area (Å²) in [7, 11) is -2.80. The molecular formula is C29H26BrFN5O3S+. The summed E-state index contributed by atoms with van der Waals surface area (Å²) in [6, 6.07) is 28.4. The highest BCUT2D eigenvalue weighted by Crippen LogP contribution is 2.36. The fourth-order valence-corrected chi connectivity index (χ4v) is 6.67. The molecule has 5 rings (SSSR count). The van der Waals surface area contributed by atoms with Gasteiger partial charge in [0.2, 0.25) is 10.0 Å². The fraction of sp³-hybridized carbons (Fsp3) is 0.138. The van der Waals surface area contributed by atoms with E-state index in [-0.39, 0.29) is 31.0 Å². The van der Waals surface area contributed by atoms with E-state index in [0.29, 0.717) is 10.2 Å². The van der Waals surface area contributed by atoms with Crippen LogP contribution in [0, 0.1) is 5.82 Å². The van der Waals surface area contributed by atoms with E-state index in [2.05, 4.69) is 31.5 Å². The van der Waals surface area contributed by atoms with Crippen LogP contribution in [0.5, 0.6) is 5.75 Å². The standard InChI is InChI=1S/C29H25BrFN5O3S/c1-39-24-14-12-23(13-15-24)20-36-29(32-33-34-36)27-25(30)16-17-26(31)28(27)40(37,38)35(18-21-8-4-2-5-9-21)19-22-10-6-3-7-11-22/h2-17H,18-20H2,1H3/p+1. The van der Waals surface area contributed by atoms with Gasteiger partial charge in [-0.2, -0.15) is 8.99 Å². The van der Waals surface area contributed by atoms with Gasteiger partial charge in [-0.3, -0.25) is 0 Å². The number of hydrogen-bond acceptors (Lipinski definition) is 5. The minimum absolute atomic E-state index is 0.0497. The summed E-state index contributed by atoms with van der Waals surface area (Å²) in [6.07, 6.45) is 0. The van der Waals surface area contributed by atoms with E-state index in [1.54, 1.807) is 11.8 Å². The summed E-state index contributed by atoms with van der Waals surface area (Å²) in [6.45, 7) is 0.384. The first kappa shape index (κ1) is 27.6. The van der Waals surface area contributed by atoms with Crippen LogP contribution in [0.1, 0.15) is 16.7 Å². The van der Waals surface area contributed by atoms with E-state index < -0.39 is 20.7 Å². The van der Waals surface area contributed by atoms with Gasteiger partial charge >= 0.3 is 5.82 Å². The van der Waals surface area contributed by atoms with Crippen LogP contribution in [0.2, 0.25) is 0 Å². The molecule has 11 heteroatoms. The third kappa shape index (κ3) is 5.96. The second kappa shape index (κ2) is 12.1. The van der Waals surface area contributed by atoms with Gasteiger partial charge in [0.25, 0.3) is 0 Å². The molecule has 0 aliphatic heterocycles. The minimum Gasteiger partial charge on any atom is -0.497 e. The van der Waals surface area contributed by atoms with Crippen molar-refractivity contribution >= 4 is 26.0 Å². The number of ether oxygens (including phenoxy) is 1. The number of tetrazole rings is 1. The third-order valence-corrected chi connectivity index (χ3v) is 8.86. The zero-order valence-electron chi connectivity index (χ0n) is 21.5.